The Balaban J connectivity index is 2.23. The second-order valence-electron chi connectivity index (χ2n) is 5.66. The summed E-state index contributed by atoms with van der Waals surface area (Å²) < 4.78 is 6.69. The monoisotopic (exact) mass is 313 g/mol. The smallest absolute Gasteiger partial charge is 0.275 e. The molecule has 0 amide bonds. The second kappa shape index (κ2) is 5.75. The van der Waals surface area contributed by atoms with Crippen LogP contribution in [0.4, 0.5) is 11.6 Å². The highest BCUT2D eigenvalue weighted by Crippen LogP contribution is 2.25. The second-order valence-corrected chi connectivity index (χ2v) is 5.66. The van der Waals surface area contributed by atoms with E-state index in [4.69, 9.17) is 4.74 Å². The highest BCUT2D eigenvalue weighted by Gasteiger charge is 2.14. The lowest BCUT2D eigenvalue weighted by Gasteiger charge is -2.14. The zero-order chi connectivity index (χ0) is 16.6. The molecule has 0 aliphatic carbocycles. The number of fused-ring (bicyclic) bond motifs is 1. The zero-order valence-electron chi connectivity index (χ0n) is 13.5. The number of aryl methyl sites for hydroxylation is 1. The number of aromatic nitrogens is 4. The lowest BCUT2D eigenvalue weighted by atomic mass is 10.1. The van der Waals surface area contributed by atoms with E-state index in [1.54, 1.807) is 13.2 Å². The van der Waals surface area contributed by atoms with Crippen LogP contribution in [0.25, 0.3) is 10.8 Å². The van der Waals surface area contributed by atoms with Crippen LogP contribution in [-0.4, -0.2) is 27.1 Å². The summed E-state index contributed by atoms with van der Waals surface area (Å²) in [4.78, 5) is 12.6. The normalized spacial score (nSPS) is 11.2. The highest BCUT2D eigenvalue weighted by molar-refractivity contribution is 5.93. The van der Waals surface area contributed by atoms with Crippen LogP contribution >= 0.6 is 0 Å². The van der Waals surface area contributed by atoms with Crippen molar-refractivity contribution in [2.75, 3.05) is 12.4 Å². The van der Waals surface area contributed by atoms with Crippen molar-refractivity contribution >= 4 is 22.4 Å². The van der Waals surface area contributed by atoms with Gasteiger partial charge in [0.15, 0.2) is 11.6 Å². The first-order chi connectivity index (χ1) is 11.0. The van der Waals surface area contributed by atoms with Gasteiger partial charge in [-0.05, 0) is 39.0 Å². The average molecular weight is 313 g/mol. The number of aromatic amines is 1. The van der Waals surface area contributed by atoms with Crippen LogP contribution in [0, 0.1) is 6.92 Å². The molecule has 0 radical (unpaired) electrons. The summed E-state index contributed by atoms with van der Waals surface area (Å²) in [6, 6.07) is 7.19. The molecule has 0 fully saturated rings. The topological polar surface area (TPSA) is 84.8 Å². The van der Waals surface area contributed by atoms with E-state index < -0.39 is 0 Å². The SMILES string of the molecule is COc1ccc2c(Nc3cc(C)[nH]n3)nn(C(C)C)c(=O)c2c1. The van der Waals surface area contributed by atoms with Crippen molar-refractivity contribution < 1.29 is 4.74 Å². The van der Waals surface area contributed by atoms with E-state index in [-0.39, 0.29) is 11.6 Å². The quantitative estimate of drug-likeness (QED) is 0.773. The third-order valence-corrected chi connectivity index (χ3v) is 3.57. The third kappa shape index (κ3) is 2.77. The summed E-state index contributed by atoms with van der Waals surface area (Å²) in [5.41, 5.74) is 0.799. The standard InChI is InChI=1S/C16H19N5O2/c1-9(2)21-16(22)13-8-11(23-4)5-6-12(13)15(20-21)17-14-7-10(3)18-19-14/h5-9H,1-4H3,(H2,17,18,19,20). The van der Waals surface area contributed by atoms with Crippen LogP contribution in [0.3, 0.4) is 0 Å². The van der Waals surface area contributed by atoms with Gasteiger partial charge in [-0.15, -0.1) is 0 Å². The fraction of sp³-hybridized carbons (Fsp3) is 0.312. The van der Waals surface area contributed by atoms with E-state index in [0.29, 0.717) is 22.8 Å². The van der Waals surface area contributed by atoms with Crippen LogP contribution in [0.2, 0.25) is 0 Å². The van der Waals surface area contributed by atoms with Gasteiger partial charge in [0.1, 0.15) is 5.75 Å². The maximum atomic E-state index is 12.6. The number of ether oxygens (including phenoxy) is 1. The van der Waals surface area contributed by atoms with Gasteiger partial charge >= 0.3 is 0 Å². The van der Waals surface area contributed by atoms with Gasteiger partial charge in [-0.1, -0.05) is 0 Å². The van der Waals surface area contributed by atoms with Crippen molar-refractivity contribution in [1.82, 2.24) is 20.0 Å². The molecule has 0 bridgehead atoms. The number of hydrogen-bond acceptors (Lipinski definition) is 5. The number of rotatable bonds is 4. The van der Waals surface area contributed by atoms with Gasteiger partial charge in [0.25, 0.3) is 5.56 Å². The van der Waals surface area contributed by atoms with E-state index in [2.05, 4.69) is 20.6 Å². The van der Waals surface area contributed by atoms with Crippen LogP contribution in [-0.2, 0) is 0 Å². The van der Waals surface area contributed by atoms with Crippen molar-refractivity contribution in [1.29, 1.82) is 0 Å². The average Bonchev–Trinajstić information content (AvgIpc) is 2.94. The summed E-state index contributed by atoms with van der Waals surface area (Å²) in [7, 11) is 1.58. The molecule has 3 aromatic rings. The molecule has 2 N–H and O–H groups in total. The zero-order valence-corrected chi connectivity index (χ0v) is 13.5. The Labute approximate surface area is 133 Å². The van der Waals surface area contributed by atoms with Crippen molar-refractivity contribution in [2.24, 2.45) is 0 Å². The van der Waals surface area contributed by atoms with Gasteiger partial charge in [0, 0.05) is 17.1 Å². The Kier molecular flexibility index (Phi) is 3.77. The van der Waals surface area contributed by atoms with Crippen molar-refractivity contribution in [2.45, 2.75) is 26.8 Å². The molecule has 23 heavy (non-hydrogen) atoms. The maximum absolute atomic E-state index is 12.6. The molecule has 2 aromatic heterocycles. The summed E-state index contributed by atoms with van der Waals surface area (Å²) >= 11 is 0. The van der Waals surface area contributed by atoms with Gasteiger partial charge in [0.2, 0.25) is 0 Å². The molecule has 120 valence electrons. The summed E-state index contributed by atoms with van der Waals surface area (Å²) in [6.07, 6.45) is 0. The number of hydrogen-bond donors (Lipinski definition) is 2. The molecular weight excluding hydrogens is 294 g/mol. The Morgan fingerprint density at radius 2 is 2.04 bits per heavy atom. The predicted octanol–water partition coefficient (Wildman–Crippen LogP) is 2.76. The Bertz CT molecular complexity index is 910. The Morgan fingerprint density at radius 3 is 2.65 bits per heavy atom. The Hall–Kier alpha value is -2.83. The highest BCUT2D eigenvalue weighted by atomic mass is 16.5. The maximum Gasteiger partial charge on any atom is 0.275 e. The molecule has 0 saturated carbocycles. The molecule has 0 aliphatic heterocycles. The molecule has 2 heterocycles. The van der Waals surface area contributed by atoms with Crippen molar-refractivity contribution in [3.63, 3.8) is 0 Å². The number of methoxy groups -OCH3 is 1. The van der Waals surface area contributed by atoms with Gasteiger partial charge in [-0.2, -0.15) is 10.2 Å². The minimum Gasteiger partial charge on any atom is -0.497 e. The van der Waals surface area contributed by atoms with E-state index in [1.807, 2.05) is 39.0 Å². The number of nitrogens with zero attached hydrogens (tertiary/aromatic N) is 3. The van der Waals surface area contributed by atoms with Crippen LogP contribution in [0.5, 0.6) is 5.75 Å². The van der Waals surface area contributed by atoms with Crippen LogP contribution in [0.1, 0.15) is 25.6 Å². The molecule has 1 aromatic carbocycles. The number of benzene rings is 1. The molecule has 0 spiro atoms. The minimum absolute atomic E-state index is 0.0560. The molecule has 7 heteroatoms. The predicted molar refractivity (Wildman–Crippen MR) is 89.5 cm³/mol. The molecule has 0 aliphatic rings. The van der Waals surface area contributed by atoms with Gasteiger partial charge in [-0.25, -0.2) is 4.68 Å². The van der Waals surface area contributed by atoms with E-state index in [0.717, 1.165) is 11.1 Å². The number of nitrogens with one attached hydrogen (secondary N) is 2. The molecular formula is C16H19N5O2. The Morgan fingerprint density at radius 1 is 1.26 bits per heavy atom. The summed E-state index contributed by atoms with van der Waals surface area (Å²) in [6.45, 7) is 5.76. The van der Waals surface area contributed by atoms with Crippen LogP contribution in [0.15, 0.2) is 29.1 Å². The molecule has 0 unspecified atom stereocenters. The van der Waals surface area contributed by atoms with Crippen molar-refractivity contribution in [3.8, 4) is 5.75 Å². The molecule has 0 atom stereocenters. The molecule has 3 rings (SSSR count). The lowest BCUT2D eigenvalue weighted by Crippen LogP contribution is -2.25. The first-order valence-corrected chi connectivity index (χ1v) is 7.39. The summed E-state index contributed by atoms with van der Waals surface area (Å²) in [5, 5.41) is 16.0. The van der Waals surface area contributed by atoms with Crippen LogP contribution < -0.4 is 15.6 Å². The third-order valence-electron chi connectivity index (χ3n) is 3.57. The minimum atomic E-state index is -0.141. The fourth-order valence-corrected chi connectivity index (χ4v) is 2.41. The summed E-state index contributed by atoms with van der Waals surface area (Å²) in [5.74, 6) is 1.88. The van der Waals surface area contributed by atoms with Gasteiger partial charge in [0.05, 0.1) is 18.5 Å². The number of anilines is 2. The first-order valence-electron chi connectivity index (χ1n) is 7.39. The van der Waals surface area contributed by atoms with Gasteiger partial charge in [-0.3, -0.25) is 9.89 Å². The van der Waals surface area contributed by atoms with Crippen molar-refractivity contribution in [3.05, 3.63) is 40.3 Å². The van der Waals surface area contributed by atoms with E-state index in [1.165, 1.54) is 4.68 Å². The largest absolute Gasteiger partial charge is 0.497 e. The van der Waals surface area contributed by atoms with E-state index >= 15 is 0 Å². The first kappa shape index (κ1) is 15.1. The molecule has 7 nitrogen and oxygen atoms in total. The van der Waals surface area contributed by atoms with E-state index in [9.17, 15) is 4.79 Å². The fourth-order valence-electron chi connectivity index (χ4n) is 2.41. The molecule has 0 saturated heterocycles. The number of H-pyrrole nitrogens is 1. The van der Waals surface area contributed by atoms with Gasteiger partial charge < -0.3 is 10.1 Å². The lowest BCUT2D eigenvalue weighted by molar-refractivity contribution is 0.415.